The van der Waals surface area contributed by atoms with Gasteiger partial charge in [0.25, 0.3) is 0 Å². The van der Waals surface area contributed by atoms with E-state index in [1.54, 1.807) is 0 Å². The molecule has 2 heterocycles. The van der Waals surface area contributed by atoms with Crippen LogP contribution in [0.2, 0.25) is 0 Å². The molecule has 0 spiro atoms. The Kier molecular flexibility index (Phi) is 3.87. The highest BCUT2D eigenvalue weighted by atomic mass is 32.2. The van der Waals surface area contributed by atoms with Gasteiger partial charge in [-0.1, -0.05) is 6.42 Å². The maximum atomic E-state index is 12.4. The van der Waals surface area contributed by atoms with Crippen LogP contribution in [0.5, 0.6) is 0 Å². The van der Waals surface area contributed by atoms with Gasteiger partial charge in [-0.05, 0) is 32.7 Å². The predicted octanol–water partition coefficient (Wildman–Crippen LogP) is 0.721. The molecule has 3 atom stereocenters. The minimum atomic E-state index is -3.02. The summed E-state index contributed by atoms with van der Waals surface area (Å²) >= 11 is 0. The summed E-state index contributed by atoms with van der Waals surface area (Å²) in [6.45, 7) is 4.03. The molecule has 5 heteroatoms. The van der Waals surface area contributed by atoms with Gasteiger partial charge >= 0.3 is 0 Å². The molecule has 0 aromatic carbocycles. The van der Waals surface area contributed by atoms with E-state index in [0.717, 1.165) is 25.8 Å². The van der Waals surface area contributed by atoms with Crippen LogP contribution in [-0.2, 0) is 14.6 Å². The van der Waals surface area contributed by atoms with Crippen LogP contribution in [0, 0.1) is 0 Å². The Hall–Kier alpha value is -0.130. The third-order valence-electron chi connectivity index (χ3n) is 3.69. The number of hydrogen-bond acceptors (Lipinski definition) is 4. The summed E-state index contributed by atoms with van der Waals surface area (Å²) in [5.74, 6) is 0. The molecule has 1 N–H and O–H groups in total. The Morgan fingerprint density at radius 1 is 1.25 bits per heavy atom. The van der Waals surface area contributed by atoms with Gasteiger partial charge in [-0.3, -0.25) is 0 Å². The van der Waals surface area contributed by atoms with Crippen molar-refractivity contribution in [3.8, 4) is 0 Å². The first-order valence-corrected chi connectivity index (χ1v) is 7.78. The summed E-state index contributed by atoms with van der Waals surface area (Å²) in [5.41, 5.74) is 0. The standard InChI is InChI=1S/C11H21NO3S/c1-9-11(5-7-15-9)16(13,14)10-4-2-3-6-12-8-10/h9-12H,2-8H2,1H3. The molecule has 2 aliphatic rings. The Morgan fingerprint density at radius 2 is 2.06 bits per heavy atom. The molecule has 2 aliphatic heterocycles. The van der Waals surface area contributed by atoms with E-state index in [0.29, 0.717) is 19.6 Å². The number of hydrogen-bond donors (Lipinski definition) is 1. The first-order chi connectivity index (χ1) is 7.62. The average molecular weight is 247 g/mol. The van der Waals surface area contributed by atoms with Crippen LogP contribution < -0.4 is 5.32 Å². The minimum absolute atomic E-state index is 0.131. The number of ether oxygens (including phenoxy) is 1. The van der Waals surface area contributed by atoms with Crippen molar-refractivity contribution in [1.82, 2.24) is 5.32 Å². The first-order valence-electron chi connectivity index (χ1n) is 6.17. The fourth-order valence-corrected chi connectivity index (χ4v) is 5.04. The van der Waals surface area contributed by atoms with Crippen molar-refractivity contribution >= 4 is 9.84 Å². The van der Waals surface area contributed by atoms with Gasteiger partial charge in [0.05, 0.1) is 16.6 Å². The summed E-state index contributed by atoms with van der Waals surface area (Å²) in [4.78, 5) is 0. The zero-order chi connectivity index (χ0) is 11.6. The van der Waals surface area contributed by atoms with E-state index in [1.807, 2.05) is 6.92 Å². The fourth-order valence-electron chi connectivity index (χ4n) is 2.66. The van der Waals surface area contributed by atoms with E-state index >= 15 is 0 Å². The van der Waals surface area contributed by atoms with Crippen LogP contribution in [0.15, 0.2) is 0 Å². The molecule has 4 nitrogen and oxygen atoms in total. The van der Waals surface area contributed by atoms with Crippen molar-refractivity contribution in [2.75, 3.05) is 19.7 Å². The molecule has 0 radical (unpaired) electrons. The highest BCUT2D eigenvalue weighted by Crippen LogP contribution is 2.26. The second kappa shape index (κ2) is 5.02. The van der Waals surface area contributed by atoms with Crippen molar-refractivity contribution in [3.05, 3.63) is 0 Å². The van der Waals surface area contributed by atoms with Gasteiger partial charge in [-0.15, -0.1) is 0 Å². The topological polar surface area (TPSA) is 55.4 Å². The van der Waals surface area contributed by atoms with E-state index in [2.05, 4.69) is 5.32 Å². The largest absolute Gasteiger partial charge is 0.377 e. The summed E-state index contributed by atoms with van der Waals surface area (Å²) in [6.07, 6.45) is 3.44. The van der Waals surface area contributed by atoms with Crippen molar-refractivity contribution in [2.45, 2.75) is 49.2 Å². The van der Waals surface area contributed by atoms with Gasteiger partial charge in [0.1, 0.15) is 0 Å². The Balaban J connectivity index is 2.10. The molecule has 94 valence electrons. The average Bonchev–Trinajstić information content (AvgIpc) is 2.55. The summed E-state index contributed by atoms with van der Waals surface area (Å²) < 4.78 is 30.2. The molecule has 0 aromatic heterocycles. The second-order valence-corrected chi connectivity index (χ2v) is 7.26. The number of sulfone groups is 1. The minimum Gasteiger partial charge on any atom is -0.377 e. The van der Waals surface area contributed by atoms with Crippen molar-refractivity contribution in [2.24, 2.45) is 0 Å². The zero-order valence-electron chi connectivity index (χ0n) is 9.81. The van der Waals surface area contributed by atoms with Crippen molar-refractivity contribution in [3.63, 3.8) is 0 Å². The van der Waals surface area contributed by atoms with E-state index in [9.17, 15) is 8.42 Å². The molecule has 16 heavy (non-hydrogen) atoms. The lowest BCUT2D eigenvalue weighted by atomic mass is 10.2. The van der Waals surface area contributed by atoms with Crippen LogP contribution in [0.3, 0.4) is 0 Å². The van der Waals surface area contributed by atoms with Crippen LogP contribution in [0.25, 0.3) is 0 Å². The molecule has 2 rings (SSSR count). The highest BCUT2D eigenvalue weighted by Gasteiger charge is 2.40. The second-order valence-electron chi connectivity index (χ2n) is 4.81. The molecular formula is C11H21NO3S. The Morgan fingerprint density at radius 3 is 2.75 bits per heavy atom. The molecule has 2 saturated heterocycles. The van der Waals surface area contributed by atoms with Gasteiger partial charge < -0.3 is 10.1 Å². The first kappa shape index (κ1) is 12.3. The van der Waals surface area contributed by atoms with Gasteiger partial charge in [-0.2, -0.15) is 0 Å². The third kappa shape index (κ3) is 2.41. The third-order valence-corrected chi connectivity index (χ3v) is 6.49. The molecule has 3 unspecified atom stereocenters. The lowest BCUT2D eigenvalue weighted by Gasteiger charge is -2.22. The monoisotopic (exact) mass is 247 g/mol. The van der Waals surface area contributed by atoms with Crippen LogP contribution in [-0.4, -0.2) is 44.7 Å². The number of rotatable bonds is 2. The predicted molar refractivity (Wildman–Crippen MR) is 63.2 cm³/mol. The molecule has 0 bridgehead atoms. The van der Waals surface area contributed by atoms with Gasteiger partial charge in [-0.25, -0.2) is 8.42 Å². The SMILES string of the molecule is CC1OCCC1S(=O)(=O)C1CCCCNC1. The lowest BCUT2D eigenvalue weighted by molar-refractivity contribution is 0.126. The maximum Gasteiger partial charge on any atom is 0.159 e. The number of nitrogens with one attached hydrogen (secondary N) is 1. The quantitative estimate of drug-likeness (QED) is 0.781. The van der Waals surface area contributed by atoms with Crippen molar-refractivity contribution < 1.29 is 13.2 Å². The van der Waals surface area contributed by atoms with Crippen LogP contribution in [0.4, 0.5) is 0 Å². The lowest BCUT2D eigenvalue weighted by Crippen LogP contribution is -2.40. The molecule has 0 amide bonds. The smallest absolute Gasteiger partial charge is 0.159 e. The van der Waals surface area contributed by atoms with E-state index < -0.39 is 9.84 Å². The van der Waals surface area contributed by atoms with E-state index in [1.165, 1.54) is 0 Å². The fraction of sp³-hybridized carbons (Fsp3) is 1.00. The maximum absolute atomic E-state index is 12.4. The Bertz CT molecular complexity index is 320. The van der Waals surface area contributed by atoms with Crippen molar-refractivity contribution in [1.29, 1.82) is 0 Å². The molecule has 0 aromatic rings. The highest BCUT2D eigenvalue weighted by molar-refractivity contribution is 7.92. The van der Waals surface area contributed by atoms with Gasteiger partial charge in [0.2, 0.25) is 0 Å². The van der Waals surface area contributed by atoms with Crippen LogP contribution >= 0.6 is 0 Å². The van der Waals surface area contributed by atoms with E-state index in [-0.39, 0.29) is 16.6 Å². The van der Waals surface area contributed by atoms with Crippen LogP contribution in [0.1, 0.15) is 32.6 Å². The van der Waals surface area contributed by atoms with Gasteiger partial charge in [0.15, 0.2) is 9.84 Å². The van der Waals surface area contributed by atoms with Gasteiger partial charge in [0, 0.05) is 13.2 Å². The normalized spacial score (nSPS) is 37.2. The molecule has 0 aliphatic carbocycles. The molecular weight excluding hydrogens is 226 g/mol. The summed E-state index contributed by atoms with van der Waals surface area (Å²) in [5, 5.41) is 2.74. The molecule has 2 fully saturated rings. The summed E-state index contributed by atoms with van der Waals surface area (Å²) in [6, 6.07) is 0. The molecule has 0 saturated carbocycles. The zero-order valence-corrected chi connectivity index (χ0v) is 10.6. The van der Waals surface area contributed by atoms with E-state index in [4.69, 9.17) is 4.74 Å². The Labute approximate surface area is 97.7 Å². The summed E-state index contributed by atoms with van der Waals surface area (Å²) in [7, 11) is -3.02.